The van der Waals surface area contributed by atoms with Gasteiger partial charge in [-0.25, -0.2) is 8.78 Å². The highest BCUT2D eigenvalue weighted by Gasteiger charge is 2.16. The minimum atomic E-state index is -1.05. The molecule has 9 heteroatoms. The third-order valence-corrected chi connectivity index (χ3v) is 3.37. The number of anilines is 1. The average molecular weight is 301 g/mol. The largest absolute Gasteiger partial charge is 0.538 e. The van der Waals surface area contributed by atoms with Crippen molar-refractivity contribution in [1.29, 1.82) is 0 Å². The first kappa shape index (κ1) is 14.3. The highest BCUT2D eigenvalue weighted by molar-refractivity contribution is 7.99. The van der Waals surface area contributed by atoms with Crippen LogP contribution in [0.5, 0.6) is 5.95 Å². The number of nitrogens with one attached hydrogen (secondary N) is 1. The van der Waals surface area contributed by atoms with Gasteiger partial charge in [0.1, 0.15) is 0 Å². The van der Waals surface area contributed by atoms with Gasteiger partial charge in [-0.1, -0.05) is 4.68 Å². The first-order chi connectivity index (χ1) is 9.47. The van der Waals surface area contributed by atoms with Crippen LogP contribution in [-0.4, -0.2) is 16.9 Å². The van der Waals surface area contributed by atoms with E-state index >= 15 is 0 Å². The first-order valence-electron chi connectivity index (χ1n) is 5.38. The molecule has 2 aromatic rings. The Morgan fingerprint density at radius 2 is 2.25 bits per heavy atom. The maximum absolute atomic E-state index is 12.9. The maximum Gasteiger partial charge on any atom is 0.291 e. The van der Waals surface area contributed by atoms with Crippen LogP contribution in [0.15, 0.2) is 27.7 Å². The summed E-state index contributed by atoms with van der Waals surface area (Å²) in [6, 6.07) is 3.02. The Hall–Kier alpha value is -2.16. The van der Waals surface area contributed by atoms with Crippen molar-refractivity contribution in [3.63, 3.8) is 0 Å². The van der Waals surface area contributed by atoms with E-state index in [0.717, 1.165) is 23.9 Å². The second kappa shape index (κ2) is 5.87. The monoisotopic (exact) mass is 301 g/mol. The number of amides is 1. The molecule has 106 valence electrons. The Kier molecular flexibility index (Phi) is 4.18. The molecule has 0 radical (unpaired) electrons. The van der Waals surface area contributed by atoms with Crippen LogP contribution in [0.25, 0.3) is 0 Å². The fourth-order valence-corrected chi connectivity index (χ4v) is 2.08. The molecular weight excluding hydrogens is 292 g/mol. The lowest BCUT2D eigenvalue weighted by atomic mass is 10.3. The third kappa shape index (κ3) is 3.23. The number of halogens is 2. The number of hydrogen-bond acceptors (Lipinski definition) is 5. The van der Waals surface area contributed by atoms with Crippen LogP contribution in [0, 0.1) is 11.6 Å². The molecular formula is C11H9F2N3O3S. The highest BCUT2D eigenvalue weighted by atomic mass is 32.2. The summed E-state index contributed by atoms with van der Waals surface area (Å²) in [7, 11) is 1.50. The molecule has 0 aliphatic carbocycles. The van der Waals surface area contributed by atoms with Crippen LogP contribution in [0.4, 0.5) is 14.5 Å². The lowest BCUT2D eigenvalue weighted by Gasteiger charge is -2.04. The van der Waals surface area contributed by atoms with Gasteiger partial charge < -0.3 is 14.9 Å². The summed E-state index contributed by atoms with van der Waals surface area (Å²) in [5.41, 5.74) is 0.131. The minimum Gasteiger partial charge on any atom is -0.538 e. The standard InChI is InChI=1S/C11H9F2N3O3S/c1-16-10(11(18)19-15-16)20-5-9(17)14-6-2-3-7(12)8(13)4-6/h2-4H,5H2,1H3,(H-,14,15,17,18). The smallest absolute Gasteiger partial charge is 0.291 e. The quantitative estimate of drug-likeness (QED) is 0.660. The molecule has 1 N–H and O–H groups in total. The molecule has 1 amide bonds. The number of benzene rings is 1. The van der Waals surface area contributed by atoms with Crippen LogP contribution in [-0.2, 0) is 11.8 Å². The number of thioether (sulfide) groups is 1. The van der Waals surface area contributed by atoms with Gasteiger partial charge in [0.15, 0.2) is 24.6 Å². The van der Waals surface area contributed by atoms with E-state index in [-0.39, 0.29) is 16.5 Å². The fourth-order valence-electron chi connectivity index (χ4n) is 1.36. The Labute approximate surface area is 116 Å². The molecule has 1 heterocycles. The summed E-state index contributed by atoms with van der Waals surface area (Å²) in [6.07, 6.45) is 0. The second-order valence-electron chi connectivity index (χ2n) is 3.75. The van der Waals surface area contributed by atoms with Crippen LogP contribution in [0.2, 0.25) is 0 Å². The summed E-state index contributed by atoms with van der Waals surface area (Å²) >= 11 is 0.929. The summed E-state index contributed by atoms with van der Waals surface area (Å²) < 4.78 is 31.3. The van der Waals surface area contributed by atoms with E-state index in [1.807, 2.05) is 0 Å². The van der Waals surface area contributed by atoms with E-state index in [0.29, 0.717) is 0 Å². The van der Waals surface area contributed by atoms with Crippen molar-refractivity contribution in [2.45, 2.75) is 5.03 Å². The van der Waals surface area contributed by atoms with Gasteiger partial charge in [-0.15, -0.1) is 0 Å². The Bertz CT molecular complexity index is 628. The van der Waals surface area contributed by atoms with Gasteiger partial charge >= 0.3 is 0 Å². The SMILES string of the molecule is C[n+]1noc([O-])c1SCC(=O)Nc1ccc(F)c(F)c1. The van der Waals surface area contributed by atoms with Crippen molar-refractivity contribution in [1.82, 2.24) is 5.27 Å². The zero-order valence-electron chi connectivity index (χ0n) is 10.2. The molecule has 0 bridgehead atoms. The van der Waals surface area contributed by atoms with E-state index in [2.05, 4.69) is 15.1 Å². The molecule has 1 aromatic heterocycles. The molecule has 1 aromatic carbocycles. The summed E-state index contributed by atoms with van der Waals surface area (Å²) in [6.45, 7) is 0. The lowest BCUT2D eigenvalue weighted by molar-refractivity contribution is -0.772. The number of hydrogen-bond donors (Lipinski definition) is 1. The van der Waals surface area contributed by atoms with Crippen LogP contribution in [0.3, 0.4) is 0 Å². The fraction of sp³-hybridized carbons (Fsp3) is 0.182. The average Bonchev–Trinajstić information content (AvgIpc) is 2.71. The molecule has 0 atom stereocenters. The topological polar surface area (TPSA) is 82.1 Å². The van der Waals surface area contributed by atoms with Crippen LogP contribution in [0.1, 0.15) is 0 Å². The summed E-state index contributed by atoms with van der Waals surface area (Å²) in [5, 5.41) is 17.1. The molecule has 0 aliphatic rings. The van der Waals surface area contributed by atoms with E-state index < -0.39 is 23.5 Å². The van der Waals surface area contributed by atoms with Crippen LogP contribution < -0.4 is 15.1 Å². The molecule has 0 fully saturated rings. The Morgan fingerprint density at radius 3 is 2.85 bits per heavy atom. The molecule has 2 rings (SSSR count). The Morgan fingerprint density at radius 1 is 1.50 bits per heavy atom. The molecule has 0 spiro atoms. The normalized spacial score (nSPS) is 10.6. The zero-order chi connectivity index (χ0) is 14.7. The van der Waals surface area contributed by atoms with Gasteiger partial charge in [-0.05, 0) is 23.9 Å². The van der Waals surface area contributed by atoms with Gasteiger partial charge in [-0.2, -0.15) is 0 Å². The molecule has 6 nitrogen and oxygen atoms in total. The molecule has 0 saturated heterocycles. The van der Waals surface area contributed by atoms with Gasteiger partial charge in [-0.3, -0.25) is 4.79 Å². The highest BCUT2D eigenvalue weighted by Crippen LogP contribution is 2.21. The van der Waals surface area contributed by atoms with Crippen molar-refractivity contribution < 1.29 is 27.9 Å². The second-order valence-corrected chi connectivity index (χ2v) is 4.72. The minimum absolute atomic E-state index is 0.0940. The number of aromatic nitrogens is 2. The van der Waals surface area contributed by atoms with E-state index in [4.69, 9.17) is 0 Å². The predicted octanol–water partition coefficient (Wildman–Crippen LogP) is 0.582. The number of carbonyl (C=O) groups excluding carboxylic acids is 1. The van der Waals surface area contributed by atoms with Gasteiger partial charge in [0, 0.05) is 11.8 Å². The molecule has 20 heavy (non-hydrogen) atoms. The predicted molar refractivity (Wildman–Crippen MR) is 62.8 cm³/mol. The van der Waals surface area contributed by atoms with E-state index in [1.54, 1.807) is 0 Å². The number of aryl methyl sites for hydroxylation is 1. The van der Waals surface area contributed by atoms with Crippen molar-refractivity contribution in [2.75, 3.05) is 11.1 Å². The first-order valence-corrected chi connectivity index (χ1v) is 6.36. The van der Waals surface area contributed by atoms with Gasteiger partial charge in [0.2, 0.25) is 5.91 Å². The van der Waals surface area contributed by atoms with Gasteiger partial charge in [0.05, 0.1) is 11.0 Å². The van der Waals surface area contributed by atoms with Gasteiger partial charge in [0.25, 0.3) is 5.03 Å². The van der Waals surface area contributed by atoms with E-state index in [9.17, 15) is 18.7 Å². The Balaban J connectivity index is 1.94. The van der Waals surface area contributed by atoms with Crippen molar-refractivity contribution >= 4 is 23.4 Å². The summed E-state index contributed by atoms with van der Waals surface area (Å²) in [4.78, 5) is 11.6. The molecule has 0 saturated carbocycles. The lowest BCUT2D eigenvalue weighted by Crippen LogP contribution is -2.32. The third-order valence-electron chi connectivity index (χ3n) is 2.26. The number of rotatable bonds is 4. The van der Waals surface area contributed by atoms with Crippen molar-refractivity contribution in [3.8, 4) is 5.95 Å². The number of nitrogens with zero attached hydrogens (tertiary/aromatic N) is 2. The van der Waals surface area contributed by atoms with Crippen LogP contribution >= 0.6 is 11.8 Å². The summed E-state index contributed by atoms with van der Waals surface area (Å²) in [5.74, 6) is -3.25. The van der Waals surface area contributed by atoms with Crippen molar-refractivity contribution in [3.05, 3.63) is 29.8 Å². The molecule has 0 unspecified atom stereocenters. The van der Waals surface area contributed by atoms with Crippen molar-refractivity contribution in [2.24, 2.45) is 7.05 Å². The maximum atomic E-state index is 12.9. The molecule has 0 aliphatic heterocycles. The zero-order valence-corrected chi connectivity index (χ0v) is 11.0. The van der Waals surface area contributed by atoms with E-state index in [1.165, 1.54) is 17.8 Å². The number of carbonyl (C=O) groups is 1.